The van der Waals surface area contributed by atoms with Gasteiger partial charge in [0.2, 0.25) is 15.7 Å². The Morgan fingerprint density at radius 1 is 1.29 bits per heavy atom. The number of sulfone groups is 1. The van der Waals surface area contributed by atoms with Gasteiger partial charge < -0.3 is 11.5 Å². The minimum atomic E-state index is -3.94. The van der Waals surface area contributed by atoms with Gasteiger partial charge in [-0.1, -0.05) is 0 Å². The molecule has 1 heterocycles. The summed E-state index contributed by atoms with van der Waals surface area (Å²) in [4.78, 5) is 14.8. The van der Waals surface area contributed by atoms with E-state index in [1.165, 1.54) is 24.4 Å². The van der Waals surface area contributed by atoms with E-state index in [0.29, 0.717) is 0 Å². The van der Waals surface area contributed by atoms with Crippen molar-refractivity contribution in [3.8, 4) is 0 Å². The van der Waals surface area contributed by atoms with Gasteiger partial charge >= 0.3 is 0 Å². The highest BCUT2D eigenvalue weighted by Gasteiger charge is 2.22. The highest BCUT2D eigenvalue weighted by Crippen LogP contribution is 2.21. The number of primary amides is 1. The largest absolute Gasteiger partial charge is 0.396 e. The van der Waals surface area contributed by atoms with Gasteiger partial charge in [0.05, 0.1) is 11.4 Å². The molecule has 0 spiro atoms. The van der Waals surface area contributed by atoms with Crippen molar-refractivity contribution >= 4 is 21.4 Å². The van der Waals surface area contributed by atoms with Gasteiger partial charge in [0.25, 0.3) is 0 Å². The molecule has 8 heteroatoms. The van der Waals surface area contributed by atoms with Crippen LogP contribution < -0.4 is 11.5 Å². The number of carbonyl (C=O) groups excluding carboxylic acids is 1. The fourth-order valence-electron chi connectivity index (χ4n) is 1.77. The Balaban J connectivity index is 2.44. The lowest BCUT2D eigenvalue weighted by atomic mass is 10.1. The smallest absolute Gasteiger partial charge is 0.248 e. The van der Waals surface area contributed by atoms with Gasteiger partial charge in [-0.25, -0.2) is 17.8 Å². The van der Waals surface area contributed by atoms with E-state index < -0.39 is 27.3 Å². The van der Waals surface area contributed by atoms with Crippen molar-refractivity contribution in [1.82, 2.24) is 4.98 Å². The van der Waals surface area contributed by atoms with Crippen LogP contribution >= 0.6 is 0 Å². The molecule has 110 valence electrons. The molecule has 1 aromatic heterocycles. The monoisotopic (exact) mass is 309 g/mol. The molecule has 0 saturated heterocycles. The van der Waals surface area contributed by atoms with Gasteiger partial charge in [0.1, 0.15) is 5.82 Å². The van der Waals surface area contributed by atoms with Crippen molar-refractivity contribution in [3.05, 3.63) is 53.5 Å². The summed E-state index contributed by atoms with van der Waals surface area (Å²) in [5, 5.41) is -0.325. The molecule has 2 rings (SSSR count). The predicted octanol–water partition coefficient (Wildman–Crippen LogP) is 0.876. The van der Waals surface area contributed by atoms with Crippen molar-refractivity contribution < 1.29 is 17.6 Å². The number of hydrogen-bond acceptors (Lipinski definition) is 5. The lowest BCUT2D eigenvalue weighted by Gasteiger charge is -2.08. The zero-order valence-corrected chi connectivity index (χ0v) is 11.6. The molecular formula is C13H12FN3O3S. The number of aromatic nitrogens is 1. The van der Waals surface area contributed by atoms with Crippen LogP contribution in [0.4, 0.5) is 10.1 Å². The maximum atomic E-state index is 13.7. The van der Waals surface area contributed by atoms with Crippen LogP contribution in [0, 0.1) is 5.82 Å². The second-order valence-corrected chi connectivity index (χ2v) is 6.23. The van der Waals surface area contributed by atoms with E-state index in [9.17, 15) is 17.6 Å². The van der Waals surface area contributed by atoms with Crippen LogP contribution in [0.25, 0.3) is 0 Å². The zero-order valence-electron chi connectivity index (χ0n) is 10.8. The predicted molar refractivity (Wildman–Crippen MR) is 74.5 cm³/mol. The van der Waals surface area contributed by atoms with Crippen LogP contribution in [-0.4, -0.2) is 19.3 Å². The second-order valence-electron chi connectivity index (χ2n) is 4.33. The van der Waals surface area contributed by atoms with Gasteiger partial charge in [-0.05, 0) is 30.3 Å². The van der Waals surface area contributed by atoms with Crippen LogP contribution in [0.3, 0.4) is 0 Å². The molecule has 0 aliphatic rings. The van der Waals surface area contributed by atoms with Gasteiger partial charge in [0, 0.05) is 17.3 Å². The summed E-state index contributed by atoms with van der Waals surface area (Å²) in [5.74, 6) is -2.19. The van der Waals surface area contributed by atoms with E-state index >= 15 is 0 Å². The molecule has 0 fully saturated rings. The molecule has 2 aromatic rings. The number of pyridine rings is 1. The number of amides is 1. The summed E-state index contributed by atoms with van der Waals surface area (Å²) in [7, 11) is -3.94. The van der Waals surface area contributed by atoms with Crippen LogP contribution in [-0.2, 0) is 15.6 Å². The number of halogens is 1. The summed E-state index contributed by atoms with van der Waals surface area (Å²) in [5.41, 5.74) is 10.5. The van der Waals surface area contributed by atoms with Crippen LogP contribution in [0.5, 0.6) is 0 Å². The Morgan fingerprint density at radius 2 is 2.00 bits per heavy atom. The first kappa shape index (κ1) is 14.9. The molecule has 0 bridgehead atoms. The molecule has 6 nitrogen and oxygen atoms in total. The molecule has 21 heavy (non-hydrogen) atoms. The van der Waals surface area contributed by atoms with Crippen LogP contribution in [0.1, 0.15) is 15.9 Å². The molecule has 4 N–H and O–H groups in total. The summed E-state index contributed by atoms with van der Waals surface area (Å²) < 4.78 is 38.2. The van der Waals surface area contributed by atoms with E-state index in [1.54, 1.807) is 0 Å². The van der Waals surface area contributed by atoms with Crippen LogP contribution in [0.2, 0.25) is 0 Å². The number of anilines is 1. The topological polar surface area (TPSA) is 116 Å². The van der Waals surface area contributed by atoms with E-state index in [1.807, 2.05) is 0 Å². The van der Waals surface area contributed by atoms with E-state index in [2.05, 4.69) is 4.98 Å². The molecule has 0 unspecified atom stereocenters. The standard InChI is InChI=1S/C13H12FN3O3S/c14-10-4-3-8(12(16)18)6-9(10)7-21(19,20)13-11(15)2-1-5-17-13/h1-6H,7,15H2,(H2,16,18). The van der Waals surface area contributed by atoms with E-state index in [-0.39, 0.29) is 21.8 Å². The number of nitrogens with two attached hydrogens (primary N) is 2. The summed E-state index contributed by atoms with van der Waals surface area (Å²) in [6, 6.07) is 6.16. The van der Waals surface area contributed by atoms with E-state index in [4.69, 9.17) is 11.5 Å². The molecule has 0 radical (unpaired) electrons. The number of nitrogen functional groups attached to an aromatic ring is 1. The molecule has 1 amide bonds. The Hall–Kier alpha value is -2.48. The third kappa shape index (κ3) is 3.16. The van der Waals surface area contributed by atoms with Crippen molar-refractivity contribution in [3.63, 3.8) is 0 Å². The SMILES string of the molecule is NC(=O)c1ccc(F)c(CS(=O)(=O)c2ncccc2N)c1. The molecule has 1 aromatic carbocycles. The first-order chi connectivity index (χ1) is 9.81. The molecule has 0 atom stereocenters. The number of nitrogens with zero attached hydrogens (tertiary/aromatic N) is 1. The number of benzene rings is 1. The van der Waals surface area contributed by atoms with Gasteiger partial charge in [-0.3, -0.25) is 4.79 Å². The Morgan fingerprint density at radius 3 is 2.62 bits per heavy atom. The Kier molecular flexibility index (Phi) is 3.90. The van der Waals surface area contributed by atoms with Crippen molar-refractivity contribution in [2.24, 2.45) is 5.73 Å². The van der Waals surface area contributed by atoms with Crippen LogP contribution in [0.15, 0.2) is 41.6 Å². The highest BCUT2D eigenvalue weighted by atomic mass is 32.2. The first-order valence-corrected chi connectivity index (χ1v) is 7.48. The fraction of sp³-hybridized carbons (Fsp3) is 0.0769. The molecular weight excluding hydrogens is 297 g/mol. The normalized spacial score (nSPS) is 11.3. The average Bonchev–Trinajstić information content (AvgIpc) is 2.41. The van der Waals surface area contributed by atoms with Crippen molar-refractivity contribution in [1.29, 1.82) is 0 Å². The Bertz CT molecular complexity index is 806. The summed E-state index contributed by atoms with van der Waals surface area (Å²) >= 11 is 0. The third-order valence-electron chi connectivity index (χ3n) is 2.77. The second kappa shape index (κ2) is 5.49. The first-order valence-electron chi connectivity index (χ1n) is 5.83. The number of rotatable bonds is 4. The molecule has 0 aliphatic heterocycles. The molecule has 0 saturated carbocycles. The minimum absolute atomic E-state index is 0.0237. The minimum Gasteiger partial charge on any atom is -0.396 e. The van der Waals surface area contributed by atoms with Crippen molar-refractivity contribution in [2.75, 3.05) is 5.73 Å². The van der Waals surface area contributed by atoms with Crippen molar-refractivity contribution in [2.45, 2.75) is 10.8 Å². The Labute approximate surface area is 120 Å². The lowest BCUT2D eigenvalue weighted by molar-refractivity contribution is 0.1000. The molecule has 0 aliphatic carbocycles. The third-order valence-corrected chi connectivity index (χ3v) is 4.39. The zero-order chi connectivity index (χ0) is 15.6. The number of hydrogen-bond donors (Lipinski definition) is 2. The average molecular weight is 309 g/mol. The van der Waals surface area contributed by atoms with E-state index in [0.717, 1.165) is 12.1 Å². The van der Waals surface area contributed by atoms with Gasteiger partial charge in [-0.2, -0.15) is 0 Å². The highest BCUT2D eigenvalue weighted by molar-refractivity contribution is 7.90. The quantitative estimate of drug-likeness (QED) is 0.869. The maximum Gasteiger partial charge on any atom is 0.248 e. The lowest BCUT2D eigenvalue weighted by Crippen LogP contribution is -2.14. The number of carbonyl (C=O) groups is 1. The summed E-state index contributed by atoms with van der Waals surface area (Å²) in [6.07, 6.45) is 1.28. The van der Waals surface area contributed by atoms with Gasteiger partial charge in [0.15, 0.2) is 5.03 Å². The maximum absolute atomic E-state index is 13.7. The van der Waals surface area contributed by atoms with Gasteiger partial charge in [-0.15, -0.1) is 0 Å². The fourth-order valence-corrected chi connectivity index (χ4v) is 3.19. The summed E-state index contributed by atoms with van der Waals surface area (Å²) in [6.45, 7) is 0.